The summed E-state index contributed by atoms with van der Waals surface area (Å²) in [5, 5.41) is 19.6. The fraction of sp³-hybridized carbons (Fsp3) is 0.500. The summed E-state index contributed by atoms with van der Waals surface area (Å²) in [6.45, 7) is -0.612. The van der Waals surface area contributed by atoms with E-state index in [0.717, 1.165) is 10.8 Å². The van der Waals surface area contributed by atoms with Crippen molar-refractivity contribution in [3.63, 3.8) is 0 Å². The van der Waals surface area contributed by atoms with Crippen LogP contribution in [0.15, 0.2) is 16.0 Å². The van der Waals surface area contributed by atoms with Gasteiger partial charge >= 0.3 is 5.69 Å². The molecule has 0 bridgehead atoms. The number of ether oxygens (including phenoxy) is 1. The Labute approximate surface area is 145 Å². The first-order valence-electron chi connectivity index (χ1n) is 6.66. The summed E-state index contributed by atoms with van der Waals surface area (Å²) in [6, 6.07) is 0. The largest absolute Gasteiger partial charge is 0.394 e. The van der Waals surface area contributed by atoms with E-state index >= 15 is 0 Å². The van der Waals surface area contributed by atoms with Crippen molar-refractivity contribution in [2.45, 2.75) is 24.5 Å². The molecule has 0 aliphatic carbocycles. The smallest absolute Gasteiger partial charge is 0.351 e. The van der Waals surface area contributed by atoms with Gasteiger partial charge in [-0.3, -0.25) is 8.75 Å². The van der Waals surface area contributed by atoms with Gasteiger partial charge in [-0.1, -0.05) is 15.9 Å². The second kappa shape index (κ2) is 7.29. The van der Waals surface area contributed by atoms with Crippen LogP contribution in [0.2, 0.25) is 0 Å². The van der Waals surface area contributed by atoms with Crippen molar-refractivity contribution in [1.29, 1.82) is 0 Å². The van der Waals surface area contributed by atoms with Gasteiger partial charge in [0.15, 0.2) is 6.23 Å². The highest BCUT2D eigenvalue weighted by molar-refractivity contribution is 9.11. The third-order valence-corrected chi connectivity index (χ3v) is 4.14. The Bertz CT molecular complexity index is 794. The van der Waals surface area contributed by atoms with E-state index in [1.807, 2.05) is 0 Å². The monoisotopic (exact) mass is 425 g/mol. The molecule has 2 heterocycles. The molecule has 1 aliphatic rings. The molecule has 4 N–H and O–H groups in total. The molecule has 0 unspecified atom stereocenters. The highest BCUT2D eigenvalue weighted by Crippen LogP contribution is 2.31. The number of rotatable bonds is 5. The Morgan fingerprint density at radius 3 is 2.79 bits per heavy atom. The van der Waals surface area contributed by atoms with Gasteiger partial charge in [0, 0.05) is 11.8 Å². The fourth-order valence-electron chi connectivity index (χ4n) is 2.29. The standard InChI is InChI=1S/C12H16BrN3O7S/c1-24(20,21)23-9-7(5-17)22-11(8(9)18)16-4-6(2-3-13)10(14)15-12(16)19/h2-4,7-9,11,17-18H,5H2,1H3,(H2,14,15,19)/t7-,8-,9+,11-/m1/s1. The summed E-state index contributed by atoms with van der Waals surface area (Å²) in [6.07, 6.45) is -1.70. The van der Waals surface area contributed by atoms with Crippen LogP contribution in [-0.4, -0.2) is 59.4 Å². The zero-order chi connectivity index (χ0) is 18.1. The van der Waals surface area contributed by atoms with Crippen molar-refractivity contribution in [1.82, 2.24) is 9.55 Å². The average molecular weight is 426 g/mol. The van der Waals surface area contributed by atoms with E-state index in [-0.39, 0.29) is 5.82 Å². The minimum absolute atomic E-state index is 0.0259. The summed E-state index contributed by atoms with van der Waals surface area (Å²) in [5.74, 6) is -0.0259. The maximum Gasteiger partial charge on any atom is 0.351 e. The number of aromatic nitrogens is 2. The lowest BCUT2D eigenvalue weighted by molar-refractivity contribution is -0.0542. The third kappa shape index (κ3) is 4.02. The van der Waals surface area contributed by atoms with E-state index in [1.54, 1.807) is 0 Å². The summed E-state index contributed by atoms with van der Waals surface area (Å²) < 4.78 is 33.7. The SMILES string of the molecule is CS(=O)(=O)O[C@@H]1[C@@H](O)[C@H](n2cc(C=CBr)c(N)nc2=O)O[C@@H]1CO. The van der Waals surface area contributed by atoms with Gasteiger partial charge in [0.1, 0.15) is 24.1 Å². The van der Waals surface area contributed by atoms with Crippen LogP contribution in [-0.2, 0) is 19.0 Å². The maximum absolute atomic E-state index is 12.0. The number of nitrogen functional groups attached to an aromatic ring is 1. The molecule has 0 amide bonds. The molecule has 12 heteroatoms. The first kappa shape index (κ1) is 19.0. The summed E-state index contributed by atoms with van der Waals surface area (Å²) in [7, 11) is -3.91. The van der Waals surface area contributed by atoms with Gasteiger partial charge in [0.25, 0.3) is 10.1 Å². The van der Waals surface area contributed by atoms with Crippen LogP contribution in [0.1, 0.15) is 11.8 Å². The molecule has 0 saturated carbocycles. The zero-order valence-electron chi connectivity index (χ0n) is 12.4. The Kier molecular flexibility index (Phi) is 5.78. The molecule has 1 aromatic rings. The number of anilines is 1. The van der Waals surface area contributed by atoms with E-state index in [1.165, 1.54) is 17.3 Å². The number of halogens is 1. The van der Waals surface area contributed by atoms with Crippen molar-refractivity contribution >= 4 is 37.9 Å². The minimum Gasteiger partial charge on any atom is -0.394 e. The second-order valence-corrected chi connectivity index (χ2v) is 7.20. The van der Waals surface area contributed by atoms with Crippen LogP contribution in [0.3, 0.4) is 0 Å². The zero-order valence-corrected chi connectivity index (χ0v) is 14.8. The average Bonchev–Trinajstić information content (AvgIpc) is 2.77. The number of hydrogen-bond acceptors (Lipinski definition) is 9. The van der Waals surface area contributed by atoms with E-state index < -0.39 is 47.0 Å². The molecule has 0 spiro atoms. The number of aliphatic hydroxyl groups excluding tert-OH is 2. The second-order valence-electron chi connectivity index (χ2n) is 5.07. The fourth-order valence-corrected chi connectivity index (χ4v) is 3.22. The molecule has 1 saturated heterocycles. The summed E-state index contributed by atoms with van der Waals surface area (Å²) in [5.41, 5.74) is 5.19. The molecule has 1 fully saturated rings. The van der Waals surface area contributed by atoms with Crippen molar-refractivity contribution in [3.8, 4) is 0 Å². The quantitative estimate of drug-likeness (QED) is 0.492. The Morgan fingerprint density at radius 2 is 2.25 bits per heavy atom. The van der Waals surface area contributed by atoms with Gasteiger partial charge in [0.05, 0.1) is 12.9 Å². The van der Waals surface area contributed by atoms with Crippen LogP contribution >= 0.6 is 15.9 Å². The highest BCUT2D eigenvalue weighted by Gasteiger charge is 2.47. The van der Waals surface area contributed by atoms with Crippen LogP contribution in [0.5, 0.6) is 0 Å². The maximum atomic E-state index is 12.0. The van der Waals surface area contributed by atoms with Crippen LogP contribution in [0, 0.1) is 0 Å². The van der Waals surface area contributed by atoms with E-state index in [4.69, 9.17) is 14.7 Å². The number of nitrogens with zero attached hydrogens (tertiary/aromatic N) is 2. The number of hydrogen-bond donors (Lipinski definition) is 3. The third-order valence-electron chi connectivity index (χ3n) is 3.30. The molecule has 24 heavy (non-hydrogen) atoms. The molecule has 0 radical (unpaired) electrons. The lowest BCUT2D eigenvalue weighted by atomic mass is 10.1. The molecule has 0 aromatic carbocycles. The van der Waals surface area contributed by atoms with E-state index in [2.05, 4.69) is 20.9 Å². The van der Waals surface area contributed by atoms with Gasteiger partial charge in [-0.05, 0) is 11.1 Å². The topological polar surface area (TPSA) is 154 Å². The molecule has 1 aliphatic heterocycles. The Balaban J connectivity index is 2.42. The molecular weight excluding hydrogens is 410 g/mol. The predicted octanol–water partition coefficient (Wildman–Crippen LogP) is -1.21. The van der Waals surface area contributed by atoms with E-state index in [9.17, 15) is 23.4 Å². The molecule has 2 rings (SSSR count). The van der Waals surface area contributed by atoms with E-state index in [0.29, 0.717) is 5.56 Å². The molecular formula is C12H16BrN3O7S. The number of aliphatic hydroxyl groups is 2. The van der Waals surface area contributed by atoms with Crippen molar-refractivity contribution in [2.75, 3.05) is 18.6 Å². The highest BCUT2D eigenvalue weighted by atomic mass is 79.9. The lowest BCUT2D eigenvalue weighted by Gasteiger charge is -2.19. The van der Waals surface area contributed by atoms with Gasteiger partial charge in [-0.25, -0.2) is 4.79 Å². The van der Waals surface area contributed by atoms with Gasteiger partial charge < -0.3 is 20.7 Å². The molecule has 4 atom stereocenters. The first-order valence-corrected chi connectivity index (χ1v) is 9.39. The Morgan fingerprint density at radius 1 is 1.58 bits per heavy atom. The molecule has 1 aromatic heterocycles. The van der Waals surface area contributed by atoms with Gasteiger partial charge in [-0.2, -0.15) is 13.4 Å². The van der Waals surface area contributed by atoms with Gasteiger partial charge in [-0.15, -0.1) is 0 Å². The molecule has 134 valence electrons. The van der Waals surface area contributed by atoms with Crippen LogP contribution in [0.4, 0.5) is 5.82 Å². The van der Waals surface area contributed by atoms with Crippen LogP contribution < -0.4 is 11.4 Å². The van der Waals surface area contributed by atoms with Crippen LogP contribution in [0.25, 0.3) is 6.08 Å². The minimum atomic E-state index is -3.91. The lowest BCUT2D eigenvalue weighted by Crippen LogP contribution is -2.39. The van der Waals surface area contributed by atoms with Crippen molar-refractivity contribution in [3.05, 3.63) is 27.2 Å². The Hall–Kier alpha value is -1.31. The number of nitrogens with two attached hydrogens (primary N) is 1. The van der Waals surface area contributed by atoms with Gasteiger partial charge in [0.2, 0.25) is 0 Å². The normalized spacial score (nSPS) is 27.8. The first-order chi connectivity index (χ1) is 11.2. The summed E-state index contributed by atoms with van der Waals surface area (Å²) >= 11 is 3.07. The molecule has 10 nitrogen and oxygen atoms in total. The van der Waals surface area contributed by atoms with Crippen molar-refractivity contribution in [2.24, 2.45) is 0 Å². The van der Waals surface area contributed by atoms with Crippen molar-refractivity contribution < 1.29 is 27.6 Å². The summed E-state index contributed by atoms with van der Waals surface area (Å²) in [4.78, 5) is 17.2. The predicted molar refractivity (Wildman–Crippen MR) is 87.6 cm³/mol.